The van der Waals surface area contributed by atoms with E-state index in [4.69, 9.17) is 9.73 Å². The third-order valence-corrected chi connectivity index (χ3v) is 5.27. The van der Waals surface area contributed by atoms with Crippen LogP contribution in [0.3, 0.4) is 0 Å². The average molecular weight is 500 g/mol. The number of hydrogen-bond donors (Lipinski definition) is 2. The number of nitrogens with one attached hydrogen (secondary N) is 2. The van der Waals surface area contributed by atoms with Crippen molar-refractivity contribution in [1.82, 2.24) is 15.6 Å². The summed E-state index contributed by atoms with van der Waals surface area (Å²) in [4.78, 5) is 10.4. The summed E-state index contributed by atoms with van der Waals surface area (Å²) < 4.78 is 6.13. The maximum atomic E-state index is 6.13. The molecule has 0 spiro atoms. The van der Waals surface area contributed by atoms with E-state index in [1.807, 2.05) is 18.3 Å². The average Bonchev–Trinajstić information content (AvgIpc) is 2.99. The molecule has 2 heterocycles. The summed E-state index contributed by atoms with van der Waals surface area (Å²) in [5.74, 6) is 1.80. The van der Waals surface area contributed by atoms with Crippen LogP contribution in [0.2, 0.25) is 0 Å². The number of aliphatic imine (C=N–C) groups is 1. The van der Waals surface area contributed by atoms with E-state index in [1.54, 1.807) is 11.3 Å². The molecule has 1 aliphatic rings. The fraction of sp³-hybridized carbons (Fsp3) is 0.500. The lowest BCUT2D eigenvalue weighted by atomic mass is 9.90. The zero-order valence-electron chi connectivity index (χ0n) is 16.4. The molecule has 2 aromatic rings. The third-order valence-electron chi connectivity index (χ3n) is 4.30. The highest BCUT2D eigenvalue weighted by molar-refractivity contribution is 14.0. The number of rotatable bonds is 5. The van der Waals surface area contributed by atoms with Crippen molar-refractivity contribution in [3.8, 4) is 5.75 Å². The Morgan fingerprint density at radius 1 is 1.37 bits per heavy atom. The summed E-state index contributed by atoms with van der Waals surface area (Å²) >= 11 is 1.74. The normalized spacial score (nSPS) is 18.1. The zero-order valence-corrected chi connectivity index (χ0v) is 19.6. The molecule has 148 valence electrons. The lowest BCUT2D eigenvalue weighted by molar-refractivity contribution is 0.0694. The number of aromatic nitrogens is 1. The molecule has 1 aliphatic heterocycles. The van der Waals surface area contributed by atoms with Gasteiger partial charge >= 0.3 is 0 Å². The fourth-order valence-electron chi connectivity index (χ4n) is 3.20. The van der Waals surface area contributed by atoms with Gasteiger partial charge in [0.1, 0.15) is 11.4 Å². The van der Waals surface area contributed by atoms with Gasteiger partial charge in [0.25, 0.3) is 0 Å². The molecular weight excluding hydrogens is 471 g/mol. The largest absolute Gasteiger partial charge is 0.487 e. The van der Waals surface area contributed by atoms with Gasteiger partial charge in [-0.25, -0.2) is 4.98 Å². The van der Waals surface area contributed by atoms with Crippen LogP contribution in [-0.4, -0.2) is 29.6 Å². The number of benzene rings is 1. The van der Waals surface area contributed by atoms with Crippen LogP contribution in [-0.2, 0) is 6.42 Å². The van der Waals surface area contributed by atoms with Gasteiger partial charge in [-0.3, -0.25) is 4.99 Å². The van der Waals surface area contributed by atoms with Crippen molar-refractivity contribution in [1.29, 1.82) is 0 Å². The van der Waals surface area contributed by atoms with Gasteiger partial charge in [-0.05, 0) is 33.8 Å². The second-order valence-corrected chi connectivity index (χ2v) is 8.50. The number of hydrogen-bond acceptors (Lipinski definition) is 4. The molecule has 1 unspecified atom stereocenters. The maximum absolute atomic E-state index is 6.13. The van der Waals surface area contributed by atoms with Crippen molar-refractivity contribution in [2.75, 3.05) is 13.1 Å². The van der Waals surface area contributed by atoms with Crippen LogP contribution in [0.5, 0.6) is 5.75 Å². The van der Waals surface area contributed by atoms with E-state index in [-0.39, 0.29) is 35.6 Å². The number of aryl methyl sites for hydroxylation is 1. The van der Waals surface area contributed by atoms with Crippen molar-refractivity contribution >= 4 is 41.3 Å². The van der Waals surface area contributed by atoms with Crippen LogP contribution >= 0.6 is 35.3 Å². The first-order chi connectivity index (χ1) is 12.5. The second kappa shape index (κ2) is 9.73. The van der Waals surface area contributed by atoms with Gasteiger partial charge in [0.2, 0.25) is 0 Å². The lowest BCUT2D eigenvalue weighted by Crippen LogP contribution is -2.45. The number of thiazole rings is 1. The van der Waals surface area contributed by atoms with Crippen LogP contribution in [0.4, 0.5) is 0 Å². The van der Waals surface area contributed by atoms with Crippen LogP contribution < -0.4 is 15.4 Å². The van der Waals surface area contributed by atoms with E-state index < -0.39 is 0 Å². The Morgan fingerprint density at radius 2 is 2.15 bits per heavy atom. The number of guanidine groups is 1. The van der Waals surface area contributed by atoms with Crippen molar-refractivity contribution in [3.05, 3.63) is 45.9 Å². The van der Waals surface area contributed by atoms with E-state index >= 15 is 0 Å². The number of ether oxygens (including phenoxy) is 1. The predicted molar refractivity (Wildman–Crippen MR) is 124 cm³/mol. The molecule has 0 radical (unpaired) electrons. The maximum Gasteiger partial charge on any atom is 0.191 e. The minimum Gasteiger partial charge on any atom is -0.487 e. The highest BCUT2D eigenvalue weighted by Gasteiger charge is 2.33. The summed E-state index contributed by atoms with van der Waals surface area (Å²) in [5, 5.41) is 8.10. The van der Waals surface area contributed by atoms with Gasteiger partial charge in [0.05, 0.1) is 11.0 Å². The molecule has 0 saturated carbocycles. The first-order valence-electron chi connectivity index (χ1n) is 9.21. The smallest absolute Gasteiger partial charge is 0.191 e. The molecule has 7 heteroatoms. The van der Waals surface area contributed by atoms with Gasteiger partial charge in [-0.1, -0.05) is 18.2 Å². The highest BCUT2D eigenvalue weighted by atomic mass is 127. The Hall–Kier alpha value is -1.35. The molecule has 1 aromatic heterocycles. The van der Waals surface area contributed by atoms with Crippen LogP contribution in [0.1, 0.15) is 48.7 Å². The summed E-state index contributed by atoms with van der Waals surface area (Å²) in [6.07, 6.45) is 3.68. The molecule has 27 heavy (non-hydrogen) atoms. The van der Waals surface area contributed by atoms with E-state index in [0.717, 1.165) is 42.6 Å². The Bertz CT molecular complexity index is 775. The SMILES string of the molecule is CCNC(=NCCc1ncc(C)s1)NC1CC(C)(C)Oc2ccccc21.I. The molecule has 1 aromatic carbocycles. The van der Waals surface area contributed by atoms with Crippen LogP contribution in [0.15, 0.2) is 35.5 Å². The topological polar surface area (TPSA) is 58.5 Å². The number of fused-ring (bicyclic) bond motifs is 1. The minimum atomic E-state index is -0.207. The molecule has 0 aliphatic carbocycles. The fourth-order valence-corrected chi connectivity index (χ4v) is 3.97. The Morgan fingerprint density at radius 3 is 2.85 bits per heavy atom. The van der Waals surface area contributed by atoms with E-state index in [9.17, 15) is 0 Å². The highest BCUT2D eigenvalue weighted by Crippen LogP contribution is 2.39. The van der Waals surface area contributed by atoms with Gasteiger partial charge in [0.15, 0.2) is 5.96 Å². The predicted octanol–water partition coefficient (Wildman–Crippen LogP) is 4.47. The van der Waals surface area contributed by atoms with Gasteiger partial charge in [-0.15, -0.1) is 35.3 Å². The molecule has 3 rings (SSSR count). The van der Waals surface area contributed by atoms with Gasteiger partial charge in [-0.2, -0.15) is 0 Å². The molecule has 0 fully saturated rings. The summed E-state index contributed by atoms with van der Waals surface area (Å²) in [6, 6.07) is 8.43. The van der Waals surface area contributed by atoms with Crippen molar-refractivity contribution in [3.63, 3.8) is 0 Å². The van der Waals surface area contributed by atoms with Gasteiger partial charge < -0.3 is 15.4 Å². The minimum absolute atomic E-state index is 0. The first-order valence-corrected chi connectivity index (χ1v) is 10.0. The van der Waals surface area contributed by atoms with E-state index in [2.05, 4.69) is 55.4 Å². The third kappa shape index (κ3) is 6.07. The molecule has 0 bridgehead atoms. The standard InChI is InChI=1S/C20H28N4OS.HI/c1-5-21-19(22-11-10-18-23-13-14(2)26-18)24-16-12-20(3,4)25-17-9-7-6-8-15(16)17;/h6-9,13,16H,5,10-12H2,1-4H3,(H2,21,22,24);1H. The number of halogens is 1. The lowest BCUT2D eigenvalue weighted by Gasteiger charge is -2.38. The second-order valence-electron chi connectivity index (χ2n) is 7.18. The molecule has 2 N–H and O–H groups in total. The molecule has 1 atom stereocenters. The first kappa shape index (κ1) is 21.9. The van der Waals surface area contributed by atoms with Crippen LogP contribution in [0, 0.1) is 6.92 Å². The molecule has 0 amide bonds. The van der Waals surface area contributed by atoms with Gasteiger partial charge in [0, 0.05) is 42.6 Å². The Kier molecular flexibility index (Phi) is 7.91. The molecule has 5 nitrogen and oxygen atoms in total. The quantitative estimate of drug-likeness (QED) is 0.362. The van der Waals surface area contributed by atoms with Crippen molar-refractivity contribution in [2.45, 2.75) is 52.2 Å². The van der Waals surface area contributed by atoms with E-state index in [1.165, 1.54) is 10.4 Å². The molecular formula is C20H29IN4OS. The summed E-state index contributed by atoms with van der Waals surface area (Å²) in [6.45, 7) is 9.98. The van der Waals surface area contributed by atoms with Crippen molar-refractivity contribution < 1.29 is 4.74 Å². The summed E-state index contributed by atoms with van der Waals surface area (Å²) in [5.41, 5.74) is 0.981. The Labute approximate surface area is 183 Å². The molecule has 0 saturated heterocycles. The van der Waals surface area contributed by atoms with Crippen molar-refractivity contribution in [2.24, 2.45) is 4.99 Å². The number of nitrogens with zero attached hydrogens (tertiary/aromatic N) is 2. The Balaban J connectivity index is 0.00000261. The zero-order chi connectivity index (χ0) is 18.6. The summed E-state index contributed by atoms with van der Waals surface area (Å²) in [7, 11) is 0. The monoisotopic (exact) mass is 500 g/mol. The van der Waals surface area contributed by atoms with E-state index in [0.29, 0.717) is 0 Å². The van der Waals surface area contributed by atoms with Crippen LogP contribution in [0.25, 0.3) is 0 Å². The number of para-hydroxylation sites is 1.